The molecule has 122 valence electrons. The molecule has 0 N–H and O–H groups in total. The molecule has 24 heavy (non-hydrogen) atoms. The summed E-state index contributed by atoms with van der Waals surface area (Å²) in [7, 11) is 1.61. The van der Waals surface area contributed by atoms with Gasteiger partial charge in [-0.3, -0.25) is 14.5 Å². The summed E-state index contributed by atoms with van der Waals surface area (Å²) in [4.78, 5) is 25.5. The number of carbonyl (C=O) groups excluding carboxylic acids is 2. The van der Waals surface area contributed by atoms with E-state index < -0.39 is 0 Å². The van der Waals surface area contributed by atoms with E-state index in [0.717, 1.165) is 28.0 Å². The van der Waals surface area contributed by atoms with E-state index in [2.05, 4.69) is 6.58 Å². The number of rotatable bonds is 5. The molecule has 1 fully saturated rings. The molecular weight excluding hydrogens is 326 g/mol. The molecule has 6 heteroatoms. The molecule has 2 heterocycles. The Hall–Kier alpha value is -2.73. The number of nitrogens with zero attached hydrogens (tertiary/aromatic N) is 1. The Kier molecular flexibility index (Phi) is 4.57. The molecule has 2 amide bonds. The predicted molar refractivity (Wildman–Crippen MR) is 93.6 cm³/mol. The maximum absolute atomic E-state index is 12.2. The standard InChI is InChI=1S/C18H15NO4S/c1-3-10-19-17(20)16(24-18(19)21)11-14-8-9-15(23-14)12-4-6-13(22-2)7-5-12/h3-9,11H,1,10H2,2H3/b16-11-. The first-order chi connectivity index (χ1) is 11.6. The third-order valence-electron chi connectivity index (χ3n) is 3.46. The molecule has 0 spiro atoms. The highest BCUT2D eigenvalue weighted by molar-refractivity contribution is 8.18. The number of methoxy groups -OCH3 is 1. The summed E-state index contributed by atoms with van der Waals surface area (Å²) in [5, 5.41) is -0.298. The summed E-state index contributed by atoms with van der Waals surface area (Å²) in [6.07, 6.45) is 3.11. The lowest BCUT2D eigenvalue weighted by Crippen LogP contribution is -2.27. The normalized spacial score (nSPS) is 16.0. The molecule has 1 aromatic heterocycles. The van der Waals surface area contributed by atoms with Gasteiger partial charge in [-0.05, 0) is 48.2 Å². The fraction of sp³-hybridized carbons (Fsp3) is 0.111. The number of ether oxygens (including phenoxy) is 1. The number of carbonyl (C=O) groups is 2. The summed E-state index contributed by atoms with van der Waals surface area (Å²) >= 11 is 0.901. The van der Waals surface area contributed by atoms with Crippen molar-refractivity contribution in [1.82, 2.24) is 4.90 Å². The number of furan rings is 1. The van der Waals surface area contributed by atoms with Crippen LogP contribution in [0.15, 0.2) is 58.4 Å². The van der Waals surface area contributed by atoms with Crippen LogP contribution in [0, 0.1) is 0 Å². The van der Waals surface area contributed by atoms with Crippen LogP contribution >= 0.6 is 11.8 Å². The Morgan fingerprint density at radius 3 is 2.62 bits per heavy atom. The summed E-state index contributed by atoms with van der Waals surface area (Å²) in [5.74, 6) is 1.63. The molecule has 0 saturated carbocycles. The highest BCUT2D eigenvalue weighted by Gasteiger charge is 2.34. The van der Waals surface area contributed by atoms with Gasteiger partial charge in [-0.1, -0.05) is 6.08 Å². The van der Waals surface area contributed by atoms with Crippen molar-refractivity contribution in [3.05, 3.63) is 59.7 Å². The van der Waals surface area contributed by atoms with Crippen LogP contribution in [-0.2, 0) is 4.79 Å². The van der Waals surface area contributed by atoms with Crippen molar-refractivity contribution in [1.29, 1.82) is 0 Å². The van der Waals surface area contributed by atoms with Gasteiger partial charge in [0, 0.05) is 18.2 Å². The molecule has 2 aromatic rings. The van der Waals surface area contributed by atoms with E-state index >= 15 is 0 Å². The quantitative estimate of drug-likeness (QED) is 0.603. The molecule has 5 nitrogen and oxygen atoms in total. The van der Waals surface area contributed by atoms with Crippen LogP contribution in [0.2, 0.25) is 0 Å². The number of imide groups is 1. The fourth-order valence-corrected chi connectivity index (χ4v) is 3.08. The van der Waals surface area contributed by atoms with E-state index in [1.54, 1.807) is 19.3 Å². The summed E-state index contributed by atoms with van der Waals surface area (Å²) in [6.45, 7) is 3.75. The molecular formula is C18H15NO4S. The van der Waals surface area contributed by atoms with Crippen molar-refractivity contribution >= 4 is 29.0 Å². The zero-order chi connectivity index (χ0) is 17.1. The van der Waals surface area contributed by atoms with E-state index in [1.165, 1.54) is 6.08 Å². The monoisotopic (exact) mass is 341 g/mol. The number of amides is 2. The molecule has 1 saturated heterocycles. The van der Waals surface area contributed by atoms with Crippen molar-refractivity contribution < 1.29 is 18.7 Å². The Balaban J connectivity index is 1.82. The summed E-state index contributed by atoms with van der Waals surface area (Å²) in [5.41, 5.74) is 0.898. The van der Waals surface area contributed by atoms with Crippen molar-refractivity contribution in [2.24, 2.45) is 0 Å². The SMILES string of the molecule is C=CCN1C(=O)S/C(=C\c2ccc(-c3ccc(OC)cc3)o2)C1=O. The van der Waals surface area contributed by atoms with Gasteiger partial charge in [-0.2, -0.15) is 0 Å². The maximum atomic E-state index is 12.2. The van der Waals surface area contributed by atoms with E-state index in [9.17, 15) is 9.59 Å². The third-order valence-corrected chi connectivity index (χ3v) is 4.37. The Morgan fingerprint density at radius 1 is 1.21 bits per heavy atom. The molecule has 0 bridgehead atoms. The number of benzene rings is 1. The fourth-order valence-electron chi connectivity index (χ4n) is 2.26. The average molecular weight is 341 g/mol. The zero-order valence-corrected chi connectivity index (χ0v) is 13.8. The van der Waals surface area contributed by atoms with Gasteiger partial charge in [0.1, 0.15) is 17.3 Å². The number of hydrogen-bond donors (Lipinski definition) is 0. The van der Waals surface area contributed by atoms with E-state index in [0.29, 0.717) is 16.4 Å². The van der Waals surface area contributed by atoms with Gasteiger partial charge in [-0.15, -0.1) is 6.58 Å². The van der Waals surface area contributed by atoms with Gasteiger partial charge < -0.3 is 9.15 Å². The Bertz CT molecular complexity index is 820. The van der Waals surface area contributed by atoms with Crippen LogP contribution in [0.3, 0.4) is 0 Å². The number of hydrogen-bond acceptors (Lipinski definition) is 5. The third kappa shape index (κ3) is 3.14. The first-order valence-corrected chi connectivity index (χ1v) is 8.04. The molecule has 3 rings (SSSR count). The molecule has 0 aliphatic carbocycles. The predicted octanol–water partition coefficient (Wildman–Crippen LogP) is 4.18. The van der Waals surface area contributed by atoms with E-state index in [1.807, 2.05) is 30.3 Å². The molecule has 1 aliphatic heterocycles. The molecule has 0 radical (unpaired) electrons. The molecule has 1 aliphatic rings. The van der Waals surface area contributed by atoms with Crippen molar-refractivity contribution in [3.8, 4) is 17.1 Å². The van der Waals surface area contributed by atoms with Crippen molar-refractivity contribution in [2.45, 2.75) is 0 Å². The van der Waals surface area contributed by atoms with Crippen LogP contribution in [0.4, 0.5) is 4.79 Å². The van der Waals surface area contributed by atoms with Crippen molar-refractivity contribution in [2.75, 3.05) is 13.7 Å². The lowest BCUT2D eigenvalue weighted by molar-refractivity contribution is -0.122. The highest BCUT2D eigenvalue weighted by atomic mass is 32.2. The topological polar surface area (TPSA) is 59.8 Å². The minimum atomic E-state index is -0.327. The molecule has 1 aromatic carbocycles. The first kappa shape index (κ1) is 16.1. The molecule has 0 atom stereocenters. The largest absolute Gasteiger partial charge is 0.497 e. The zero-order valence-electron chi connectivity index (χ0n) is 13.0. The maximum Gasteiger partial charge on any atom is 0.293 e. The van der Waals surface area contributed by atoms with Crippen LogP contribution in [-0.4, -0.2) is 29.7 Å². The van der Waals surface area contributed by atoms with Gasteiger partial charge in [0.2, 0.25) is 0 Å². The van der Waals surface area contributed by atoms with E-state index in [4.69, 9.17) is 9.15 Å². The minimum Gasteiger partial charge on any atom is -0.497 e. The van der Waals surface area contributed by atoms with Gasteiger partial charge in [0.05, 0.1) is 12.0 Å². The average Bonchev–Trinajstić information content (AvgIpc) is 3.16. The minimum absolute atomic E-state index is 0.206. The van der Waals surface area contributed by atoms with Crippen molar-refractivity contribution in [3.63, 3.8) is 0 Å². The second kappa shape index (κ2) is 6.80. The highest BCUT2D eigenvalue weighted by Crippen LogP contribution is 2.33. The first-order valence-electron chi connectivity index (χ1n) is 7.23. The van der Waals surface area contributed by atoms with Gasteiger partial charge >= 0.3 is 0 Å². The summed E-state index contributed by atoms with van der Waals surface area (Å²) < 4.78 is 10.9. The second-order valence-electron chi connectivity index (χ2n) is 5.01. The lowest BCUT2D eigenvalue weighted by atomic mass is 10.2. The number of thioether (sulfide) groups is 1. The smallest absolute Gasteiger partial charge is 0.293 e. The second-order valence-corrected chi connectivity index (χ2v) is 6.00. The Morgan fingerprint density at radius 2 is 1.96 bits per heavy atom. The van der Waals surface area contributed by atoms with Crippen LogP contribution in [0.5, 0.6) is 5.75 Å². The summed E-state index contributed by atoms with van der Waals surface area (Å²) in [6, 6.07) is 11.1. The van der Waals surface area contributed by atoms with Gasteiger partial charge in [0.15, 0.2) is 0 Å². The Labute approximate surface area is 143 Å². The lowest BCUT2D eigenvalue weighted by Gasteiger charge is -2.07. The van der Waals surface area contributed by atoms with Crippen LogP contribution < -0.4 is 4.74 Å². The van der Waals surface area contributed by atoms with Crippen LogP contribution in [0.25, 0.3) is 17.4 Å². The van der Waals surface area contributed by atoms with E-state index in [-0.39, 0.29) is 17.7 Å². The van der Waals surface area contributed by atoms with Crippen LogP contribution in [0.1, 0.15) is 5.76 Å². The van der Waals surface area contributed by atoms with Gasteiger partial charge in [0.25, 0.3) is 11.1 Å². The molecule has 0 unspecified atom stereocenters. The van der Waals surface area contributed by atoms with Gasteiger partial charge in [-0.25, -0.2) is 0 Å².